The Labute approximate surface area is 207 Å². The summed E-state index contributed by atoms with van der Waals surface area (Å²) >= 11 is 6.10. The summed E-state index contributed by atoms with van der Waals surface area (Å²) in [4.78, 5) is 35.4. The van der Waals surface area contributed by atoms with Crippen LogP contribution in [0.25, 0.3) is 10.9 Å². The van der Waals surface area contributed by atoms with E-state index in [-0.39, 0.29) is 29.6 Å². The van der Waals surface area contributed by atoms with E-state index in [9.17, 15) is 19.1 Å². The molecule has 2 unspecified atom stereocenters. The number of urea groups is 1. The van der Waals surface area contributed by atoms with Crippen LogP contribution in [-0.2, 0) is 11.2 Å². The summed E-state index contributed by atoms with van der Waals surface area (Å²) in [7, 11) is 1.83. The molecule has 3 aromatic rings. The van der Waals surface area contributed by atoms with Gasteiger partial charge in [0.1, 0.15) is 23.1 Å². The summed E-state index contributed by atoms with van der Waals surface area (Å²) in [6, 6.07) is 8.33. The molecule has 2 aliphatic heterocycles. The van der Waals surface area contributed by atoms with E-state index < -0.39 is 23.4 Å². The number of phenols is 1. The van der Waals surface area contributed by atoms with Crippen LogP contribution in [0, 0.1) is 18.2 Å². The van der Waals surface area contributed by atoms with Crippen LogP contribution < -0.4 is 0 Å². The number of nitrogens with one attached hydrogen (secondary N) is 1. The number of terminal acetylenes is 1. The molecule has 3 heterocycles. The van der Waals surface area contributed by atoms with Crippen molar-refractivity contribution in [1.82, 2.24) is 19.7 Å². The van der Waals surface area contributed by atoms with Crippen molar-refractivity contribution in [1.29, 1.82) is 0 Å². The molecule has 0 saturated carbocycles. The van der Waals surface area contributed by atoms with Crippen LogP contribution in [0.4, 0.5) is 9.18 Å². The van der Waals surface area contributed by atoms with Crippen LogP contribution in [0.15, 0.2) is 36.4 Å². The lowest BCUT2D eigenvalue weighted by atomic mass is 9.81. The van der Waals surface area contributed by atoms with E-state index in [1.807, 2.05) is 11.9 Å². The highest BCUT2D eigenvalue weighted by molar-refractivity contribution is 6.31. The lowest BCUT2D eigenvalue weighted by Gasteiger charge is -2.42. The molecule has 1 aromatic heterocycles. The number of rotatable bonds is 5. The van der Waals surface area contributed by atoms with Gasteiger partial charge in [-0.1, -0.05) is 29.7 Å². The number of carbonyl (C=O) groups excluding carboxylic acids is 2. The Balaban J connectivity index is 1.66. The van der Waals surface area contributed by atoms with Crippen molar-refractivity contribution in [2.45, 2.75) is 24.9 Å². The van der Waals surface area contributed by atoms with Gasteiger partial charge in [0, 0.05) is 36.1 Å². The third-order valence-electron chi connectivity index (χ3n) is 6.96. The first kappa shape index (κ1) is 23.2. The smallest absolute Gasteiger partial charge is 0.328 e. The zero-order valence-electron chi connectivity index (χ0n) is 19.3. The second-order valence-electron chi connectivity index (χ2n) is 9.33. The first-order chi connectivity index (χ1) is 16.7. The number of hydrogen-bond donors (Lipinski definition) is 2. The van der Waals surface area contributed by atoms with Crippen molar-refractivity contribution in [3.8, 4) is 18.1 Å². The molecule has 35 heavy (non-hydrogen) atoms. The topological polar surface area (TPSA) is 79.9 Å². The summed E-state index contributed by atoms with van der Waals surface area (Å²) in [6.45, 7) is 2.78. The van der Waals surface area contributed by atoms with E-state index in [1.54, 1.807) is 36.1 Å². The van der Waals surface area contributed by atoms with E-state index in [4.69, 9.17) is 18.0 Å². The summed E-state index contributed by atoms with van der Waals surface area (Å²) in [5, 5.41) is 10.9. The zero-order chi connectivity index (χ0) is 25.1. The number of H-pyrrole nitrogens is 1. The number of phenolic OH excluding ortho intramolecular Hbond substituents is 1. The molecular weight excluding hydrogens is 471 g/mol. The largest absolute Gasteiger partial charge is 0.508 e. The molecule has 3 amide bonds. The zero-order valence-corrected chi connectivity index (χ0v) is 20.1. The minimum absolute atomic E-state index is 0.0206. The Morgan fingerprint density at radius 1 is 1.34 bits per heavy atom. The van der Waals surface area contributed by atoms with Gasteiger partial charge >= 0.3 is 6.03 Å². The molecule has 180 valence electrons. The summed E-state index contributed by atoms with van der Waals surface area (Å²) in [5.41, 5.74) is 1.43. The molecular formula is C26H24ClFN4O3. The third-order valence-corrected chi connectivity index (χ3v) is 7.25. The maximum Gasteiger partial charge on any atom is 0.328 e. The van der Waals surface area contributed by atoms with Gasteiger partial charge in [-0.15, -0.1) is 6.42 Å². The van der Waals surface area contributed by atoms with Crippen molar-refractivity contribution in [2.75, 3.05) is 26.7 Å². The minimum Gasteiger partial charge on any atom is -0.508 e. The number of carbonyl (C=O) groups is 2. The fourth-order valence-corrected chi connectivity index (χ4v) is 5.42. The van der Waals surface area contributed by atoms with E-state index in [2.05, 4.69) is 10.9 Å². The number of likely N-dealkylation sites (N-methyl/N-ethyl adjacent to an activating group) is 1. The maximum atomic E-state index is 14.2. The van der Waals surface area contributed by atoms with Gasteiger partial charge in [-0.25, -0.2) is 9.18 Å². The Bertz CT molecular complexity index is 1410. The van der Waals surface area contributed by atoms with Gasteiger partial charge in [-0.05, 0) is 49.4 Å². The van der Waals surface area contributed by atoms with Crippen molar-refractivity contribution in [3.63, 3.8) is 0 Å². The predicted molar refractivity (Wildman–Crippen MR) is 131 cm³/mol. The van der Waals surface area contributed by atoms with Crippen LogP contribution in [0.3, 0.4) is 0 Å². The number of fused-ring (bicyclic) bond motifs is 4. The molecule has 2 aromatic carbocycles. The van der Waals surface area contributed by atoms with E-state index in [0.717, 1.165) is 5.56 Å². The van der Waals surface area contributed by atoms with Gasteiger partial charge in [-0.3, -0.25) is 19.5 Å². The summed E-state index contributed by atoms with van der Waals surface area (Å²) < 4.78 is 14.2. The molecule has 0 aliphatic carbocycles. The van der Waals surface area contributed by atoms with Crippen LogP contribution in [-0.4, -0.2) is 68.9 Å². The number of amides is 3. The summed E-state index contributed by atoms with van der Waals surface area (Å²) in [6.07, 6.45) is 5.61. The maximum absolute atomic E-state index is 14.2. The first-order valence-corrected chi connectivity index (χ1v) is 11.6. The molecule has 5 rings (SSSR count). The minimum atomic E-state index is -1.18. The average molecular weight is 495 g/mol. The van der Waals surface area contributed by atoms with Crippen LogP contribution >= 0.6 is 11.6 Å². The fraction of sp³-hybridized carbons (Fsp3) is 0.308. The second-order valence-corrected chi connectivity index (χ2v) is 9.74. The third kappa shape index (κ3) is 3.54. The molecule has 7 nitrogen and oxygen atoms in total. The van der Waals surface area contributed by atoms with Crippen molar-refractivity contribution in [3.05, 3.63) is 64.1 Å². The summed E-state index contributed by atoms with van der Waals surface area (Å²) in [5.74, 6) is 1.71. The Morgan fingerprint density at radius 3 is 2.83 bits per heavy atom. The second kappa shape index (κ2) is 8.29. The predicted octanol–water partition coefficient (Wildman–Crippen LogP) is 3.90. The number of benzene rings is 2. The Kier molecular flexibility index (Phi) is 5.50. The Hall–Kier alpha value is -3.54. The van der Waals surface area contributed by atoms with Crippen LogP contribution in [0.5, 0.6) is 5.75 Å². The van der Waals surface area contributed by atoms with Crippen LogP contribution in [0.1, 0.15) is 29.8 Å². The fourth-order valence-electron chi connectivity index (χ4n) is 5.25. The van der Waals surface area contributed by atoms with Crippen molar-refractivity contribution < 1.29 is 19.1 Å². The molecule has 0 bridgehead atoms. The quantitative estimate of drug-likeness (QED) is 0.416. The monoisotopic (exact) mass is 494 g/mol. The van der Waals surface area contributed by atoms with Gasteiger partial charge in [0.25, 0.3) is 5.91 Å². The number of aromatic nitrogens is 1. The number of imide groups is 1. The molecule has 1 fully saturated rings. The molecule has 2 atom stereocenters. The highest BCUT2D eigenvalue weighted by atomic mass is 35.5. The van der Waals surface area contributed by atoms with E-state index in [1.165, 1.54) is 17.0 Å². The highest BCUT2D eigenvalue weighted by Gasteiger charge is 2.60. The van der Waals surface area contributed by atoms with Crippen molar-refractivity contribution >= 4 is 34.4 Å². The lowest BCUT2D eigenvalue weighted by Crippen LogP contribution is -2.53. The number of aromatic hydroxyl groups is 1. The lowest BCUT2D eigenvalue weighted by molar-refractivity contribution is -0.133. The molecule has 2 aliphatic rings. The number of aromatic amines is 1. The van der Waals surface area contributed by atoms with Gasteiger partial charge < -0.3 is 10.1 Å². The average Bonchev–Trinajstić information content (AvgIpc) is 3.23. The molecule has 0 spiro atoms. The molecule has 9 heteroatoms. The van der Waals surface area contributed by atoms with Gasteiger partial charge in [-0.2, -0.15) is 0 Å². The molecule has 1 saturated heterocycles. The van der Waals surface area contributed by atoms with Crippen molar-refractivity contribution in [2.24, 2.45) is 0 Å². The first-order valence-electron chi connectivity index (χ1n) is 11.2. The standard InChI is InChI=1S/C26H24ClFN4O3/c1-4-8-30(3)9-10-31-24(34)26(2)14-18-17-12-19(27)20(28)13-21(17)29-22(18)23(32(26)25(31)35)15-6-5-7-16(33)11-15/h1,5-7,11-13,23,29,33H,8-10,14H2,2-3H3. The van der Waals surface area contributed by atoms with E-state index in [0.29, 0.717) is 35.2 Å². The van der Waals surface area contributed by atoms with Gasteiger partial charge in [0.2, 0.25) is 0 Å². The van der Waals surface area contributed by atoms with Crippen LogP contribution in [0.2, 0.25) is 5.02 Å². The normalized spacial score (nSPS) is 21.5. The number of nitrogens with zero attached hydrogens (tertiary/aromatic N) is 3. The highest BCUT2D eigenvalue weighted by Crippen LogP contribution is 2.49. The molecule has 2 N–H and O–H groups in total. The molecule has 0 radical (unpaired) electrons. The number of halogens is 2. The Morgan fingerprint density at radius 2 is 2.11 bits per heavy atom. The SMILES string of the molecule is C#CCN(C)CCN1C(=O)N2C(c3cccc(O)c3)c3[nH]c4cc(F)c(Cl)cc4c3CC2(C)C1=O. The van der Waals surface area contributed by atoms with Gasteiger partial charge in [0.15, 0.2) is 0 Å². The van der Waals surface area contributed by atoms with E-state index >= 15 is 0 Å². The van der Waals surface area contributed by atoms with Gasteiger partial charge in [0.05, 0.1) is 11.6 Å². The number of hydrogen-bond acceptors (Lipinski definition) is 4.